The molecule has 0 bridgehead atoms. The van der Waals surface area contributed by atoms with Crippen molar-refractivity contribution in [2.75, 3.05) is 0 Å². The van der Waals surface area contributed by atoms with Gasteiger partial charge in [-0.2, -0.15) is 0 Å². The molecule has 4 nitrogen and oxygen atoms in total. The Morgan fingerprint density at radius 1 is 0.893 bits per heavy atom. The van der Waals surface area contributed by atoms with Crippen molar-refractivity contribution in [1.29, 1.82) is 0 Å². The van der Waals surface area contributed by atoms with Crippen LogP contribution < -0.4 is 5.32 Å². The molecule has 0 unspecified atom stereocenters. The quantitative estimate of drug-likeness (QED) is 0.326. The summed E-state index contributed by atoms with van der Waals surface area (Å²) in [5.41, 5.74) is 0.910. The van der Waals surface area contributed by atoms with Gasteiger partial charge in [-0.05, 0) is 12.0 Å². The van der Waals surface area contributed by atoms with E-state index in [0.717, 1.165) is 31.2 Å². The molecule has 2 N–H and O–H groups in total. The number of unbranched alkanes of at least 4 members (excludes halogenated alkanes) is 11. The van der Waals surface area contributed by atoms with Crippen LogP contribution in [0.15, 0.2) is 30.3 Å². The second-order valence-electron chi connectivity index (χ2n) is 7.64. The van der Waals surface area contributed by atoms with E-state index in [-0.39, 0.29) is 5.91 Å². The molecule has 0 aliphatic carbocycles. The second kappa shape index (κ2) is 16.1. The van der Waals surface area contributed by atoms with Gasteiger partial charge in [0.25, 0.3) is 0 Å². The Labute approximate surface area is 172 Å². The highest BCUT2D eigenvalue weighted by Crippen LogP contribution is 2.12. The first-order valence-electron chi connectivity index (χ1n) is 11.7. The molecular formula is C24H39NO3. The molecule has 4 heteroatoms. The first-order valence-corrected chi connectivity index (χ1v) is 11.0. The number of rotatable bonds is 17. The molecule has 0 aliphatic heterocycles. The zero-order valence-electron chi connectivity index (χ0n) is 18.3. The molecular weight excluding hydrogens is 350 g/mol. The molecule has 28 heavy (non-hydrogen) atoms. The average Bonchev–Trinajstić information content (AvgIpc) is 2.71. The van der Waals surface area contributed by atoms with E-state index in [0.29, 0.717) is 19.7 Å². The normalized spacial score (nSPS) is 12.4. The van der Waals surface area contributed by atoms with E-state index in [1.54, 1.807) is 0 Å². The van der Waals surface area contributed by atoms with E-state index in [1.165, 1.54) is 51.4 Å². The molecule has 0 radical (unpaired) electrons. The van der Waals surface area contributed by atoms with Gasteiger partial charge in [0.05, 0.1) is 0 Å². The summed E-state index contributed by atoms with van der Waals surface area (Å²) in [5, 5.41) is 12.0. The van der Waals surface area contributed by atoms with E-state index >= 15 is 0 Å². The molecule has 0 aliphatic rings. The maximum atomic E-state index is 12.1. The Balaban J connectivity index is 2.00. The number of carbonyl (C=O) groups excluding carboxylic acids is 1. The van der Waals surface area contributed by atoms with Gasteiger partial charge >= 0.3 is 5.97 Å². The van der Waals surface area contributed by atoms with Gasteiger partial charge in [0.1, 0.15) is 6.04 Å². The van der Waals surface area contributed by atoms with Gasteiger partial charge in [0.2, 0.25) is 5.91 Å². The van der Waals surface area contributed by atoms with Crippen molar-refractivity contribution < 1.29 is 16.1 Å². The van der Waals surface area contributed by atoms with Crippen LogP contribution in [0.4, 0.5) is 0 Å². The van der Waals surface area contributed by atoms with Crippen LogP contribution in [0.3, 0.4) is 0 Å². The van der Waals surface area contributed by atoms with E-state index in [4.69, 9.17) is 1.37 Å². The molecule has 0 saturated heterocycles. The van der Waals surface area contributed by atoms with Gasteiger partial charge in [-0.15, -0.1) is 0 Å². The predicted octanol–water partition coefficient (Wildman–Crippen LogP) is 5.89. The fourth-order valence-electron chi connectivity index (χ4n) is 3.37. The second-order valence-corrected chi connectivity index (χ2v) is 7.64. The Bertz CT molecular complexity index is 550. The van der Waals surface area contributed by atoms with Crippen molar-refractivity contribution in [3.63, 3.8) is 0 Å². The molecule has 0 saturated carbocycles. The summed E-state index contributed by atoms with van der Waals surface area (Å²) in [6, 6.07) is 8.52. The molecule has 1 aromatic carbocycles. The molecule has 1 rings (SSSR count). The Kier molecular flexibility index (Phi) is 12.9. The van der Waals surface area contributed by atoms with Crippen molar-refractivity contribution >= 4 is 11.9 Å². The summed E-state index contributed by atoms with van der Waals surface area (Å²) >= 11 is 0. The lowest BCUT2D eigenvalue weighted by Gasteiger charge is -2.14. The first kappa shape index (κ1) is 22.4. The average molecular weight is 391 g/mol. The van der Waals surface area contributed by atoms with Crippen molar-refractivity contribution in [3.05, 3.63) is 35.9 Å². The minimum absolute atomic E-state index is 0.168. The number of hydrogen-bond acceptors (Lipinski definition) is 2. The third-order valence-corrected chi connectivity index (χ3v) is 5.07. The lowest BCUT2D eigenvalue weighted by Crippen LogP contribution is -2.42. The Morgan fingerprint density at radius 2 is 1.43 bits per heavy atom. The van der Waals surface area contributed by atoms with Gasteiger partial charge in [-0.1, -0.05) is 108 Å². The SMILES string of the molecule is [2H]CCCCCCCCCCCCCCC(=O)N[C@@H](Cc1ccccc1)C(=O)O. The van der Waals surface area contributed by atoms with Gasteiger partial charge in [-0.25, -0.2) is 4.79 Å². The summed E-state index contributed by atoms with van der Waals surface area (Å²) in [7, 11) is 0. The highest BCUT2D eigenvalue weighted by atomic mass is 16.4. The lowest BCUT2D eigenvalue weighted by molar-refractivity contribution is -0.141. The van der Waals surface area contributed by atoms with Crippen molar-refractivity contribution in [3.8, 4) is 0 Å². The third-order valence-electron chi connectivity index (χ3n) is 5.07. The number of amides is 1. The molecule has 1 aromatic rings. The van der Waals surface area contributed by atoms with Crippen molar-refractivity contribution in [2.24, 2.45) is 0 Å². The highest BCUT2D eigenvalue weighted by Gasteiger charge is 2.19. The highest BCUT2D eigenvalue weighted by molar-refractivity contribution is 5.83. The molecule has 0 aromatic heterocycles. The largest absolute Gasteiger partial charge is 0.480 e. The number of carboxylic acid groups (broad SMARTS) is 1. The fourth-order valence-corrected chi connectivity index (χ4v) is 3.37. The van der Waals surface area contributed by atoms with Crippen LogP contribution in [-0.4, -0.2) is 23.0 Å². The summed E-state index contributed by atoms with van der Waals surface area (Å²) < 4.78 is 7.11. The molecule has 0 spiro atoms. The first-order chi connectivity index (χ1) is 14.1. The van der Waals surface area contributed by atoms with Crippen LogP contribution in [0.25, 0.3) is 0 Å². The van der Waals surface area contributed by atoms with Crippen LogP contribution >= 0.6 is 0 Å². The summed E-state index contributed by atoms with van der Waals surface area (Å²) in [5.74, 6) is -1.16. The van der Waals surface area contributed by atoms with E-state index in [9.17, 15) is 14.7 Å². The lowest BCUT2D eigenvalue weighted by atomic mass is 10.0. The zero-order chi connectivity index (χ0) is 21.2. The minimum Gasteiger partial charge on any atom is -0.480 e. The Hall–Kier alpha value is -1.84. The fraction of sp³-hybridized carbons (Fsp3) is 0.667. The minimum atomic E-state index is -0.987. The molecule has 1 atom stereocenters. The van der Waals surface area contributed by atoms with E-state index < -0.39 is 12.0 Å². The van der Waals surface area contributed by atoms with E-state index in [1.807, 2.05) is 30.3 Å². The smallest absolute Gasteiger partial charge is 0.326 e. The summed E-state index contributed by atoms with van der Waals surface area (Å²) in [6.45, 7) is 0.565. The number of benzene rings is 1. The van der Waals surface area contributed by atoms with Crippen LogP contribution in [0.5, 0.6) is 0 Å². The zero-order valence-corrected chi connectivity index (χ0v) is 17.3. The van der Waals surface area contributed by atoms with Crippen LogP contribution in [-0.2, 0) is 16.0 Å². The number of carbonyl (C=O) groups is 2. The van der Waals surface area contributed by atoms with Crippen LogP contribution in [0.1, 0.15) is 97.3 Å². The molecule has 0 fully saturated rings. The van der Waals surface area contributed by atoms with Gasteiger partial charge in [0, 0.05) is 14.2 Å². The number of hydrogen-bond donors (Lipinski definition) is 2. The van der Waals surface area contributed by atoms with Crippen molar-refractivity contribution in [2.45, 2.75) is 103 Å². The maximum Gasteiger partial charge on any atom is 0.326 e. The van der Waals surface area contributed by atoms with Gasteiger partial charge in [0.15, 0.2) is 0 Å². The topological polar surface area (TPSA) is 66.4 Å². The monoisotopic (exact) mass is 390 g/mol. The van der Waals surface area contributed by atoms with Crippen molar-refractivity contribution in [1.82, 2.24) is 5.32 Å². The third kappa shape index (κ3) is 12.5. The van der Waals surface area contributed by atoms with Crippen LogP contribution in [0, 0.1) is 0 Å². The Morgan fingerprint density at radius 3 is 1.96 bits per heavy atom. The van der Waals surface area contributed by atoms with Crippen LogP contribution in [0.2, 0.25) is 0 Å². The van der Waals surface area contributed by atoms with E-state index in [2.05, 4.69) is 5.32 Å². The summed E-state index contributed by atoms with van der Waals surface area (Å²) in [4.78, 5) is 23.5. The molecule has 0 heterocycles. The predicted molar refractivity (Wildman–Crippen MR) is 115 cm³/mol. The number of aliphatic carboxylic acids is 1. The molecule has 158 valence electrons. The van der Waals surface area contributed by atoms with Gasteiger partial charge < -0.3 is 10.4 Å². The standard InChI is InChI=1S/C24H39NO3/c1-2-3-4-5-6-7-8-9-10-11-12-16-19-23(26)25-22(24(27)28)20-21-17-14-13-15-18-21/h13-15,17-18,22H,2-12,16,19-20H2,1H3,(H,25,26)(H,27,28)/t22-/m0/s1/i1D. The van der Waals surface area contributed by atoms with Gasteiger partial charge in [-0.3, -0.25) is 4.79 Å². The maximum absolute atomic E-state index is 12.1. The molecule has 1 amide bonds. The number of carboxylic acids is 1. The summed E-state index contributed by atoms with van der Waals surface area (Å²) in [6.07, 6.45) is 14.9. The number of nitrogens with one attached hydrogen (secondary N) is 1.